The minimum Gasteiger partial charge on any atom is -0.330 e. The lowest BCUT2D eigenvalue weighted by atomic mass is 9.86. The van der Waals surface area contributed by atoms with Crippen LogP contribution in [0.1, 0.15) is 36.3 Å². The summed E-state index contributed by atoms with van der Waals surface area (Å²) in [7, 11) is 0. The normalized spacial score (nSPS) is 14.1. The molecule has 2 rings (SSSR count). The molecule has 2 aromatic rings. The molecule has 0 radical (unpaired) electrons. The van der Waals surface area contributed by atoms with Gasteiger partial charge in [-0.3, -0.25) is 4.98 Å². The molecule has 0 fully saturated rings. The number of hydrogen-bond donors (Lipinski definition) is 1. The van der Waals surface area contributed by atoms with Gasteiger partial charge < -0.3 is 5.73 Å². The summed E-state index contributed by atoms with van der Waals surface area (Å²) in [6, 6.07) is 14.7. The Labute approximate surface area is 109 Å². The zero-order valence-electron chi connectivity index (χ0n) is 10.8. The molecule has 0 saturated heterocycles. The molecule has 0 aliphatic rings. The summed E-state index contributed by atoms with van der Waals surface area (Å²) in [5.41, 5.74) is 8.58. The van der Waals surface area contributed by atoms with E-state index >= 15 is 0 Å². The molecule has 0 bridgehead atoms. The van der Waals surface area contributed by atoms with Crippen molar-refractivity contribution in [3.05, 3.63) is 66.0 Å². The molecular formula is C16H20N2. The quantitative estimate of drug-likeness (QED) is 0.870. The van der Waals surface area contributed by atoms with E-state index in [1.54, 1.807) is 0 Å². The molecule has 0 unspecified atom stereocenters. The van der Waals surface area contributed by atoms with Crippen LogP contribution in [0, 0.1) is 0 Å². The van der Waals surface area contributed by atoms with Gasteiger partial charge in [-0.25, -0.2) is 0 Å². The second kappa shape index (κ2) is 6.31. The third kappa shape index (κ3) is 3.17. The van der Waals surface area contributed by atoms with E-state index in [0.29, 0.717) is 18.4 Å². The van der Waals surface area contributed by atoms with Crippen LogP contribution in [0.5, 0.6) is 0 Å². The number of nitrogens with two attached hydrogens (primary N) is 1. The highest BCUT2D eigenvalue weighted by Gasteiger charge is 2.14. The summed E-state index contributed by atoms with van der Waals surface area (Å²) in [6.45, 7) is 2.94. The highest BCUT2D eigenvalue weighted by molar-refractivity contribution is 5.22. The van der Waals surface area contributed by atoms with E-state index < -0.39 is 0 Å². The van der Waals surface area contributed by atoms with Gasteiger partial charge in [-0.2, -0.15) is 0 Å². The van der Waals surface area contributed by atoms with E-state index in [4.69, 9.17) is 5.73 Å². The van der Waals surface area contributed by atoms with Gasteiger partial charge in [0.1, 0.15) is 0 Å². The number of rotatable bonds is 5. The Bertz CT molecular complexity index is 453. The fourth-order valence-electron chi connectivity index (χ4n) is 2.35. The number of hydrogen-bond acceptors (Lipinski definition) is 2. The second-order valence-corrected chi connectivity index (χ2v) is 4.76. The van der Waals surface area contributed by atoms with Gasteiger partial charge in [0.25, 0.3) is 0 Å². The van der Waals surface area contributed by atoms with Crippen LogP contribution in [0.25, 0.3) is 0 Å². The van der Waals surface area contributed by atoms with Crippen molar-refractivity contribution in [3.63, 3.8) is 0 Å². The van der Waals surface area contributed by atoms with Crippen molar-refractivity contribution in [1.82, 2.24) is 4.98 Å². The molecule has 1 heterocycles. The Kier molecular flexibility index (Phi) is 4.48. The largest absolute Gasteiger partial charge is 0.330 e. The molecule has 0 spiro atoms. The van der Waals surface area contributed by atoms with Crippen LogP contribution >= 0.6 is 0 Å². The van der Waals surface area contributed by atoms with E-state index in [9.17, 15) is 0 Å². The Morgan fingerprint density at radius 2 is 1.67 bits per heavy atom. The van der Waals surface area contributed by atoms with Crippen LogP contribution in [0.15, 0.2) is 54.9 Å². The maximum absolute atomic E-state index is 5.91. The molecule has 94 valence electrons. The van der Waals surface area contributed by atoms with Gasteiger partial charge in [0, 0.05) is 12.4 Å². The SMILES string of the molecule is C[C@@H](C[C@H](CN)c1ccncc1)c1ccccc1. The Hall–Kier alpha value is -1.67. The van der Waals surface area contributed by atoms with Crippen LogP contribution in [0.4, 0.5) is 0 Å². The van der Waals surface area contributed by atoms with Gasteiger partial charge in [-0.1, -0.05) is 37.3 Å². The molecule has 0 aliphatic heterocycles. The van der Waals surface area contributed by atoms with Gasteiger partial charge in [0.05, 0.1) is 0 Å². The van der Waals surface area contributed by atoms with Crippen LogP contribution in [-0.2, 0) is 0 Å². The first-order chi connectivity index (χ1) is 8.81. The van der Waals surface area contributed by atoms with E-state index in [1.807, 2.05) is 12.4 Å². The van der Waals surface area contributed by atoms with Crippen LogP contribution in [-0.4, -0.2) is 11.5 Å². The Balaban J connectivity index is 2.07. The van der Waals surface area contributed by atoms with Crippen molar-refractivity contribution < 1.29 is 0 Å². The van der Waals surface area contributed by atoms with Gasteiger partial charge in [-0.05, 0) is 48.1 Å². The molecule has 0 amide bonds. The lowest BCUT2D eigenvalue weighted by Crippen LogP contribution is -2.15. The lowest BCUT2D eigenvalue weighted by molar-refractivity contribution is 0.564. The highest BCUT2D eigenvalue weighted by atomic mass is 14.6. The average molecular weight is 240 g/mol. The number of nitrogens with zero attached hydrogens (tertiary/aromatic N) is 1. The minimum atomic E-state index is 0.406. The molecule has 2 heteroatoms. The van der Waals surface area contributed by atoms with Crippen molar-refractivity contribution in [3.8, 4) is 0 Å². The van der Waals surface area contributed by atoms with Crippen LogP contribution in [0.3, 0.4) is 0 Å². The van der Waals surface area contributed by atoms with Crippen molar-refractivity contribution in [2.45, 2.75) is 25.2 Å². The minimum absolute atomic E-state index is 0.406. The molecule has 0 saturated carbocycles. The molecule has 0 aliphatic carbocycles. The van der Waals surface area contributed by atoms with Crippen LogP contribution < -0.4 is 5.73 Å². The standard InChI is InChI=1S/C16H20N2/c1-13(14-5-3-2-4-6-14)11-16(12-17)15-7-9-18-10-8-15/h2-10,13,16H,11-12,17H2,1H3/t13-,16+/m0/s1. The number of aromatic nitrogens is 1. The van der Waals surface area contributed by atoms with Gasteiger partial charge >= 0.3 is 0 Å². The predicted molar refractivity (Wildman–Crippen MR) is 75.5 cm³/mol. The van der Waals surface area contributed by atoms with E-state index in [-0.39, 0.29) is 0 Å². The van der Waals surface area contributed by atoms with Crippen LogP contribution in [0.2, 0.25) is 0 Å². The fraction of sp³-hybridized carbons (Fsp3) is 0.312. The maximum Gasteiger partial charge on any atom is 0.0270 e. The molecule has 1 aromatic heterocycles. The zero-order chi connectivity index (χ0) is 12.8. The summed E-state index contributed by atoms with van der Waals surface area (Å²) in [5.74, 6) is 0.927. The number of benzene rings is 1. The fourth-order valence-corrected chi connectivity index (χ4v) is 2.35. The van der Waals surface area contributed by atoms with E-state index in [2.05, 4.69) is 54.4 Å². The molecule has 2 nitrogen and oxygen atoms in total. The summed E-state index contributed by atoms with van der Waals surface area (Å²) in [5, 5.41) is 0. The van der Waals surface area contributed by atoms with Gasteiger partial charge in [0.2, 0.25) is 0 Å². The lowest BCUT2D eigenvalue weighted by Gasteiger charge is -2.20. The summed E-state index contributed by atoms with van der Waals surface area (Å²) in [6.07, 6.45) is 4.75. The maximum atomic E-state index is 5.91. The average Bonchev–Trinajstić information content (AvgIpc) is 2.46. The van der Waals surface area contributed by atoms with Crippen molar-refractivity contribution >= 4 is 0 Å². The third-order valence-electron chi connectivity index (χ3n) is 3.47. The van der Waals surface area contributed by atoms with Gasteiger partial charge in [-0.15, -0.1) is 0 Å². The molecule has 1 aromatic carbocycles. The zero-order valence-corrected chi connectivity index (χ0v) is 10.8. The molecule has 2 N–H and O–H groups in total. The molecule has 18 heavy (non-hydrogen) atoms. The smallest absolute Gasteiger partial charge is 0.0270 e. The second-order valence-electron chi connectivity index (χ2n) is 4.76. The summed E-state index contributed by atoms with van der Waals surface area (Å²) in [4.78, 5) is 4.06. The van der Waals surface area contributed by atoms with Crippen molar-refractivity contribution in [2.24, 2.45) is 5.73 Å². The Morgan fingerprint density at radius 1 is 1.00 bits per heavy atom. The highest BCUT2D eigenvalue weighted by Crippen LogP contribution is 2.28. The van der Waals surface area contributed by atoms with E-state index in [1.165, 1.54) is 11.1 Å². The van der Waals surface area contributed by atoms with Gasteiger partial charge in [0.15, 0.2) is 0 Å². The van der Waals surface area contributed by atoms with Crippen molar-refractivity contribution in [2.75, 3.05) is 6.54 Å². The summed E-state index contributed by atoms with van der Waals surface area (Å²) < 4.78 is 0. The molecule has 2 atom stereocenters. The predicted octanol–water partition coefficient (Wildman–Crippen LogP) is 3.32. The topological polar surface area (TPSA) is 38.9 Å². The number of pyridine rings is 1. The molecular weight excluding hydrogens is 220 g/mol. The van der Waals surface area contributed by atoms with Crippen molar-refractivity contribution in [1.29, 1.82) is 0 Å². The van der Waals surface area contributed by atoms with E-state index in [0.717, 1.165) is 6.42 Å². The Morgan fingerprint density at radius 3 is 2.28 bits per heavy atom. The monoisotopic (exact) mass is 240 g/mol. The third-order valence-corrected chi connectivity index (χ3v) is 3.47. The summed E-state index contributed by atoms with van der Waals surface area (Å²) >= 11 is 0. The first-order valence-electron chi connectivity index (χ1n) is 6.46. The first kappa shape index (κ1) is 12.8. The first-order valence-corrected chi connectivity index (χ1v) is 6.46.